The van der Waals surface area contributed by atoms with Crippen molar-refractivity contribution in [2.45, 2.75) is 18.8 Å². The van der Waals surface area contributed by atoms with Gasteiger partial charge >= 0.3 is 5.97 Å². The standard InChI is InChI=1S/C13H11N3O4/c17-10-4-2-8(12(18)15-10)7-1-3-9-11(13(19)20)14-6-16(9)5-7/h1,3,5-6,8H,2,4H2,(H,19,20)(H,15,17,18). The van der Waals surface area contributed by atoms with Gasteiger partial charge in [0, 0.05) is 12.6 Å². The zero-order valence-electron chi connectivity index (χ0n) is 10.4. The van der Waals surface area contributed by atoms with E-state index in [4.69, 9.17) is 5.11 Å². The minimum Gasteiger partial charge on any atom is -0.476 e. The number of carboxylic acids is 1. The molecule has 0 radical (unpaired) electrons. The number of carboxylic acid groups (broad SMARTS) is 1. The Balaban J connectivity index is 1.99. The van der Waals surface area contributed by atoms with Crippen molar-refractivity contribution < 1.29 is 19.5 Å². The number of carbonyl (C=O) groups excluding carboxylic acids is 2. The molecule has 3 rings (SSSR count). The Hall–Kier alpha value is -2.70. The van der Waals surface area contributed by atoms with Crippen LogP contribution in [0.1, 0.15) is 34.8 Å². The van der Waals surface area contributed by atoms with Crippen LogP contribution in [-0.2, 0) is 9.59 Å². The van der Waals surface area contributed by atoms with E-state index in [1.54, 1.807) is 22.7 Å². The second-order valence-electron chi connectivity index (χ2n) is 4.66. The van der Waals surface area contributed by atoms with Gasteiger partial charge in [-0.3, -0.25) is 14.9 Å². The maximum Gasteiger partial charge on any atom is 0.356 e. The second kappa shape index (κ2) is 4.44. The summed E-state index contributed by atoms with van der Waals surface area (Å²) in [5.41, 5.74) is 1.17. The van der Waals surface area contributed by atoms with Gasteiger partial charge in [-0.25, -0.2) is 9.78 Å². The molecule has 1 atom stereocenters. The summed E-state index contributed by atoms with van der Waals surface area (Å²) in [6.07, 6.45) is 3.83. The lowest BCUT2D eigenvalue weighted by Crippen LogP contribution is -2.39. The number of hydrogen-bond acceptors (Lipinski definition) is 4. The summed E-state index contributed by atoms with van der Waals surface area (Å²) in [7, 11) is 0. The highest BCUT2D eigenvalue weighted by Crippen LogP contribution is 2.25. The monoisotopic (exact) mass is 273 g/mol. The van der Waals surface area contributed by atoms with Crippen molar-refractivity contribution in [3.63, 3.8) is 0 Å². The largest absolute Gasteiger partial charge is 0.476 e. The van der Waals surface area contributed by atoms with Gasteiger partial charge in [0.05, 0.1) is 11.4 Å². The first-order valence-electron chi connectivity index (χ1n) is 6.10. The minimum absolute atomic E-state index is 0.0279. The number of rotatable bonds is 2. The SMILES string of the molecule is O=C1CCC(c2ccc3c(C(=O)O)ncn3c2)C(=O)N1. The van der Waals surface area contributed by atoms with E-state index < -0.39 is 11.9 Å². The fourth-order valence-electron chi connectivity index (χ4n) is 2.40. The molecule has 7 heteroatoms. The molecule has 2 aromatic rings. The van der Waals surface area contributed by atoms with E-state index >= 15 is 0 Å². The first-order valence-corrected chi connectivity index (χ1v) is 6.10. The fraction of sp³-hybridized carbons (Fsp3) is 0.231. The van der Waals surface area contributed by atoms with Gasteiger partial charge in [0.1, 0.15) is 6.33 Å². The summed E-state index contributed by atoms with van der Waals surface area (Å²) in [6, 6.07) is 3.32. The first kappa shape index (κ1) is 12.3. The molecule has 0 aliphatic carbocycles. The molecule has 2 N–H and O–H groups in total. The van der Waals surface area contributed by atoms with Gasteiger partial charge in [-0.2, -0.15) is 0 Å². The maximum atomic E-state index is 11.8. The first-order chi connectivity index (χ1) is 9.56. The number of nitrogens with one attached hydrogen (secondary N) is 1. The van der Waals surface area contributed by atoms with Crippen LogP contribution in [0.2, 0.25) is 0 Å². The molecule has 2 amide bonds. The molecular formula is C13H11N3O4. The van der Waals surface area contributed by atoms with Crippen LogP contribution in [0.15, 0.2) is 24.7 Å². The molecule has 2 aromatic heterocycles. The lowest BCUT2D eigenvalue weighted by atomic mass is 9.91. The van der Waals surface area contributed by atoms with Gasteiger partial charge in [0.2, 0.25) is 11.8 Å². The van der Waals surface area contributed by atoms with Gasteiger partial charge < -0.3 is 9.51 Å². The summed E-state index contributed by atoms with van der Waals surface area (Å²) in [4.78, 5) is 37.7. The molecule has 1 aliphatic heterocycles. The lowest BCUT2D eigenvalue weighted by Gasteiger charge is -2.21. The van der Waals surface area contributed by atoms with E-state index in [1.807, 2.05) is 0 Å². The summed E-state index contributed by atoms with van der Waals surface area (Å²) in [5, 5.41) is 11.3. The molecule has 0 aromatic carbocycles. The van der Waals surface area contributed by atoms with Crippen LogP contribution in [0.3, 0.4) is 0 Å². The molecule has 20 heavy (non-hydrogen) atoms. The van der Waals surface area contributed by atoms with Crippen molar-refractivity contribution >= 4 is 23.3 Å². The number of aromatic carboxylic acids is 1. The smallest absolute Gasteiger partial charge is 0.356 e. The Kier molecular flexibility index (Phi) is 2.74. The van der Waals surface area contributed by atoms with E-state index in [2.05, 4.69) is 10.3 Å². The van der Waals surface area contributed by atoms with Crippen molar-refractivity contribution in [1.82, 2.24) is 14.7 Å². The zero-order chi connectivity index (χ0) is 14.3. The van der Waals surface area contributed by atoms with Gasteiger partial charge in [-0.05, 0) is 18.1 Å². The molecular weight excluding hydrogens is 262 g/mol. The number of imidazole rings is 1. The normalized spacial score (nSPS) is 19.1. The van der Waals surface area contributed by atoms with Crippen LogP contribution in [0, 0.1) is 0 Å². The number of imide groups is 1. The van der Waals surface area contributed by atoms with Crippen molar-refractivity contribution in [1.29, 1.82) is 0 Å². The number of piperidine rings is 1. The molecule has 1 unspecified atom stereocenters. The summed E-state index contributed by atoms with van der Waals surface area (Å²) in [6.45, 7) is 0. The van der Waals surface area contributed by atoms with Crippen molar-refractivity contribution in [2.24, 2.45) is 0 Å². The third kappa shape index (κ3) is 1.93. The number of carbonyl (C=O) groups is 3. The molecule has 1 saturated heterocycles. The number of pyridine rings is 1. The molecule has 1 fully saturated rings. The van der Waals surface area contributed by atoms with E-state index in [0.717, 1.165) is 5.56 Å². The quantitative estimate of drug-likeness (QED) is 0.778. The molecule has 1 aliphatic rings. The highest BCUT2D eigenvalue weighted by Gasteiger charge is 2.28. The summed E-state index contributed by atoms with van der Waals surface area (Å²) < 4.78 is 1.57. The predicted octanol–water partition coefficient (Wildman–Crippen LogP) is 0.553. The van der Waals surface area contributed by atoms with E-state index in [9.17, 15) is 14.4 Å². The number of fused-ring (bicyclic) bond motifs is 1. The Morgan fingerprint density at radius 3 is 2.90 bits per heavy atom. The predicted molar refractivity (Wildman–Crippen MR) is 67.3 cm³/mol. The number of aromatic nitrogens is 2. The van der Waals surface area contributed by atoms with Crippen LogP contribution in [0.25, 0.3) is 5.52 Å². The molecule has 3 heterocycles. The zero-order valence-corrected chi connectivity index (χ0v) is 10.4. The van der Waals surface area contributed by atoms with Crippen LogP contribution in [-0.4, -0.2) is 32.3 Å². The van der Waals surface area contributed by atoms with E-state index in [-0.39, 0.29) is 17.5 Å². The number of hydrogen-bond donors (Lipinski definition) is 2. The molecule has 0 spiro atoms. The number of amides is 2. The van der Waals surface area contributed by atoms with Gasteiger partial charge in [-0.15, -0.1) is 0 Å². The maximum absolute atomic E-state index is 11.8. The Bertz CT molecular complexity index is 734. The van der Waals surface area contributed by atoms with Crippen molar-refractivity contribution in [3.05, 3.63) is 35.9 Å². The summed E-state index contributed by atoms with van der Waals surface area (Å²) in [5.74, 6) is -2.07. The third-order valence-electron chi connectivity index (χ3n) is 3.40. The molecule has 0 bridgehead atoms. The topological polar surface area (TPSA) is 101 Å². The molecule has 7 nitrogen and oxygen atoms in total. The Morgan fingerprint density at radius 1 is 1.40 bits per heavy atom. The van der Waals surface area contributed by atoms with Crippen LogP contribution in [0.4, 0.5) is 0 Å². The molecule has 102 valence electrons. The minimum atomic E-state index is -1.10. The second-order valence-corrected chi connectivity index (χ2v) is 4.66. The number of nitrogens with zero attached hydrogens (tertiary/aromatic N) is 2. The van der Waals surface area contributed by atoms with E-state index in [1.165, 1.54) is 6.33 Å². The van der Waals surface area contributed by atoms with Crippen molar-refractivity contribution in [2.75, 3.05) is 0 Å². The average Bonchev–Trinajstić information content (AvgIpc) is 2.81. The Morgan fingerprint density at radius 2 is 2.20 bits per heavy atom. The molecule has 0 saturated carbocycles. The van der Waals surface area contributed by atoms with E-state index in [0.29, 0.717) is 18.4 Å². The fourth-order valence-corrected chi connectivity index (χ4v) is 2.40. The van der Waals surface area contributed by atoms with Gasteiger partial charge in [0.25, 0.3) is 0 Å². The van der Waals surface area contributed by atoms with Gasteiger partial charge in [0.15, 0.2) is 5.69 Å². The highest BCUT2D eigenvalue weighted by molar-refractivity contribution is 6.01. The highest BCUT2D eigenvalue weighted by atomic mass is 16.4. The lowest BCUT2D eigenvalue weighted by molar-refractivity contribution is -0.134. The van der Waals surface area contributed by atoms with Crippen LogP contribution < -0.4 is 5.32 Å². The van der Waals surface area contributed by atoms with Crippen molar-refractivity contribution in [3.8, 4) is 0 Å². The van der Waals surface area contributed by atoms with Crippen LogP contribution >= 0.6 is 0 Å². The Labute approximate surface area is 113 Å². The average molecular weight is 273 g/mol. The third-order valence-corrected chi connectivity index (χ3v) is 3.40. The summed E-state index contributed by atoms with van der Waals surface area (Å²) >= 11 is 0. The van der Waals surface area contributed by atoms with Crippen LogP contribution in [0.5, 0.6) is 0 Å². The van der Waals surface area contributed by atoms with Gasteiger partial charge in [-0.1, -0.05) is 6.07 Å².